The molecule has 0 spiro atoms. The molecule has 16 heavy (non-hydrogen) atoms. The maximum Gasteiger partial charge on any atom is 0.325 e. The predicted molar refractivity (Wildman–Crippen MR) is 58.1 cm³/mol. The second-order valence-electron chi connectivity index (χ2n) is 3.33. The first-order valence-corrected chi connectivity index (χ1v) is 4.75. The molecule has 0 saturated carbocycles. The predicted octanol–water partition coefficient (Wildman–Crippen LogP) is 0.910. The number of nitrogens with zero attached hydrogens (tertiary/aromatic N) is 3. The number of hydrogen-bond acceptors (Lipinski definition) is 5. The summed E-state index contributed by atoms with van der Waals surface area (Å²) >= 11 is 0. The van der Waals surface area contributed by atoms with E-state index >= 15 is 0 Å². The van der Waals surface area contributed by atoms with Crippen LogP contribution in [0.2, 0.25) is 0 Å². The van der Waals surface area contributed by atoms with Gasteiger partial charge in [0, 0.05) is 0 Å². The van der Waals surface area contributed by atoms with Crippen LogP contribution < -0.4 is 5.32 Å². The fraction of sp³-hybridized carbons (Fsp3) is 0.200. The molecule has 6 heteroatoms. The Labute approximate surface area is 91.3 Å². The second-order valence-corrected chi connectivity index (χ2v) is 3.33. The standard InChI is InChI=1S/C10H10N4O2/c1-6(9(15)16)11-10-12-7-4-2-3-5-8(7)13-14-10/h2-6H,1H3,(H,15,16)(H,11,12,14). The van der Waals surface area contributed by atoms with Crippen LogP contribution in [0.3, 0.4) is 0 Å². The van der Waals surface area contributed by atoms with Gasteiger partial charge in [-0.3, -0.25) is 4.79 Å². The van der Waals surface area contributed by atoms with Crippen LogP contribution in [0, 0.1) is 0 Å². The largest absolute Gasteiger partial charge is 0.480 e. The van der Waals surface area contributed by atoms with Crippen LogP contribution in [-0.4, -0.2) is 32.3 Å². The lowest BCUT2D eigenvalue weighted by atomic mass is 10.3. The highest BCUT2D eigenvalue weighted by atomic mass is 16.4. The number of carbonyl (C=O) groups is 1. The molecule has 1 aromatic heterocycles. The minimum atomic E-state index is -0.961. The number of aliphatic carboxylic acids is 1. The van der Waals surface area contributed by atoms with E-state index in [1.807, 2.05) is 12.1 Å². The van der Waals surface area contributed by atoms with Crippen molar-refractivity contribution in [2.45, 2.75) is 13.0 Å². The summed E-state index contributed by atoms with van der Waals surface area (Å²) in [5, 5.41) is 19.1. The monoisotopic (exact) mass is 218 g/mol. The summed E-state index contributed by atoms with van der Waals surface area (Å²) in [4.78, 5) is 14.8. The zero-order valence-electron chi connectivity index (χ0n) is 8.58. The molecule has 82 valence electrons. The van der Waals surface area contributed by atoms with E-state index in [0.717, 1.165) is 0 Å². The average Bonchev–Trinajstić information content (AvgIpc) is 2.28. The van der Waals surface area contributed by atoms with Crippen LogP contribution in [0.1, 0.15) is 6.92 Å². The van der Waals surface area contributed by atoms with Crippen molar-refractivity contribution in [3.8, 4) is 0 Å². The first-order chi connectivity index (χ1) is 7.66. The topological polar surface area (TPSA) is 88.0 Å². The third-order valence-corrected chi connectivity index (χ3v) is 2.08. The van der Waals surface area contributed by atoms with Gasteiger partial charge >= 0.3 is 5.97 Å². The summed E-state index contributed by atoms with van der Waals surface area (Å²) in [6.07, 6.45) is 0. The van der Waals surface area contributed by atoms with Crippen LogP contribution in [0.5, 0.6) is 0 Å². The molecule has 0 bridgehead atoms. The highest BCUT2D eigenvalue weighted by molar-refractivity contribution is 5.77. The lowest BCUT2D eigenvalue weighted by molar-refractivity contribution is -0.137. The van der Waals surface area contributed by atoms with Crippen molar-refractivity contribution >= 4 is 23.0 Å². The summed E-state index contributed by atoms with van der Waals surface area (Å²) in [5.41, 5.74) is 1.36. The van der Waals surface area contributed by atoms with E-state index in [2.05, 4.69) is 20.5 Å². The Morgan fingerprint density at radius 3 is 2.69 bits per heavy atom. The Morgan fingerprint density at radius 1 is 1.31 bits per heavy atom. The van der Waals surface area contributed by atoms with Gasteiger partial charge in [0.2, 0.25) is 5.95 Å². The number of aromatic nitrogens is 3. The SMILES string of the molecule is CC(Nc1nnc2ccccc2n1)C(=O)O. The van der Waals surface area contributed by atoms with Gasteiger partial charge in [-0.1, -0.05) is 12.1 Å². The maximum absolute atomic E-state index is 10.6. The molecule has 1 atom stereocenters. The number of nitrogens with one attached hydrogen (secondary N) is 1. The van der Waals surface area contributed by atoms with Gasteiger partial charge in [0.05, 0.1) is 5.52 Å². The van der Waals surface area contributed by atoms with Crippen LogP contribution >= 0.6 is 0 Å². The lowest BCUT2D eigenvalue weighted by Gasteiger charge is -2.08. The molecule has 0 radical (unpaired) electrons. The maximum atomic E-state index is 10.6. The molecular weight excluding hydrogens is 208 g/mol. The van der Waals surface area contributed by atoms with Gasteiger partial charge in [-0.2, -0.15) is 0 Å². The van der Waals surface area contributed by atoms with Crippen LogP contribution in [0.15, 0.2) is 24.3 Å². The average molecular weight is 218 g/mol. The molecule has 2 aromatic rings. The Bertz CT molecular complexity index is 529. The van der Waals surface area contributed by atoms with Crippen LogP contribution in [0.4, 0.5) is 5.95 Å². The lowest BCUT2D eigenvalue weighted by Crippen LogP contribution is -2.26. The number of para-hydroxylation sites is 1. The summed E-state index contributed by atoms with van der Waals surface area (Å²) < 4.78 is 0. The minimum Gasteiger partial charge on any atom is -0.480 e. The Kier molecular flexibility index (Phi) is 2.63. The number of benzene rings is 1. The van der Waals surface area contributed by atoms with E-state index in [1.165, 1.54) is 6.92 Å². The van der Waals surface area contributed by atoms with Crippen molar-refractivity contribution in [2.24, 2.45) is 0 Å². The second kappa shape index (κ2) is 4.09. The Morgan fingerprint density at radius 2 is 2.00 bits per heavy atom. The number of carboxylic acid groups (broad SMARTS) is 1. The van der Waals surface area contributed by atoms with Gasteiger partial charge in [0.1, 0.15) is 11.6 Å². The van der Waals surface area contributed by atoms with E-state index in [0.29, 0.717) is 11.0 Å². The highest BCUT2D eigenvalue weighted by Crippen LogP contribution is 2.09. The van der Waals surface area contributed by atoms with Crippen LogP contribution in [0.25, 0.3) is 11.0 Å². The van der Waals surface area contributed by atoms with Crippen molar-refractivity contribution in [3.05, 3.63) is 24.3 Å². The van der Waals surface area contributed by atoms with E-state index in [-0.39, 0.29) is 5.95 Å². The fourth-order valence-electron chi connectivity index (χ4n) is 1.20. The Hall–Kier alpha value is -2.24. The molecule has 2 N–H and O–H groups in total. The van der Waals surface area contributed by atoms with Gasteiger partial charge < -0.3 is 10.4 Å². The summed E-state index contributed by atoms with van der Waals surface area (Å²) in [5.74, 6) is -0.745. The number of fused-ring (bicyclic) bond motifs is 1. The molecule has 1 aromatic carbocycles. The van der Waals surface area contributed by atoms with Crippen molar-refractivity contribution in [1.82, 2.24) is 15.2 Å². The molecule has 0 fully saturated rings. The third kappa shape index (κ3) is 2.05. The fourth-order valence-corrected chi connectivity index (χ4v) is 1.20. The molecule has 2 rings (SSSR count). The summed E-state index contributed by atoms with van der Waals surface area (Å²) in [6.45, 7) is 1.51. The van der Waals surface area contributed by atoms with Crippen LogP contribution in [-0.2, 0) is 4.79 Å². The van der Waals surface area contributed by atoms with Gasteiger partial charge in [-0.05, 0) is 19.1 Å². The molecule has 6 nitrogen and oxygen atoms in total. The number of hydrogen-bond donors (Lipinski definition) is 2. The van der Waals surface area contributed by atoms with Gasteiger partial charge in [0.15, 0.2) is 0 Å². The van der Waals surface area contributed by atoms with E-state index < -0.39 is 12.0 Å². The van der Waals surface area contributed by atoms with Crippen molar-refractivity contribution in [2.75, 3.05) is 5.32 Å². The van der Waals surface area contributed by atoms with Gasteiger partial charge in [0.25, 0.3) is 0 Å². The quantitative estimate of drug-likeness (QED) is 0.796. The molecule has 0 aliphatic carbocycles. The van der Waals surface area contributed by atoms with E-state index in [1.54, 1.807) is 12.1 Å². The van der Waals surface area contributed by atoms with Crippen molar-refractivity contribution in [1.29, 1.82) is 0 Å². The normalized spacial score (nSPS) is 12.3. The minimum absolute atomic E-state index is 0.216. The Balaban J connectivity index is 2.29. The van der Waals surface area contributed by atoms with Crippen molar-refractivity contribution < 1.29 is 9.90 Å². The number of carboxylic acids is 1. The van der Waals surface area contributed by atoms with Gasteiger partial charge in [-0.15, -0.1) is 10.2 Å². The molecule has 0 amide bonds. The zero-order valence-corrected chi connectivity index (χ0v) is 8.58. The number of rotatable bonds is 3. The smallest absolute Gasteiger partial charge is 0.325 e. The zero-order chi connectivity index (χ0) is 11.5. The third-order valence-electron chi connectivity index (χ3n) is 2.08. The van der Waals surface area contributed by atoms with Crippen molar-refractivity contribution in [3.63, 3.8) is 0 Å². The molecule has 0 saturated heterocycles. The first kappa shape index (κ1) is 10.3. The molecule has 1 unspecified atom stereocenters. The highest BCUT2D eigenvalue weighted by Gasteiger charge is 2.12. The van der Waals surface area contributed by atoms with E-state index in [9.17, 15) is 4.79 Å². The van der Waals surface area contributed by atoms with E-state index in [4.69, 9.17) is 5.11 Å². The summed E-state index contributed by atoms with van der Waals surface area (Å²) in [7, 11) is 0. The molecule has 0 aliphatic rings. The number of anilines is 1. The van der Waals surface area contributed by atoms with Gasteiger partial charge in [-0.25, -0.2) is 4.98 Å². The molecule has 0 aliphatic heterocycles. The molecular formula is C10H10N4O2. The summed E-state index contributed by atoms with van der Waals surface area (Å²) in [6, 6.07) is 6.51. The molecule has 1 heterocycles. The first-order valence-electron chi connectivity index (χ1n) is 4.75.